The molecule has 1 aliphatic rings. The summed E-state index contributed by atoms with van der Waals surface area (Å²) in [6.45, 7) is 2.56. The van der Waals surface area contributed by atoms with E-state index in [1.807, 2.05) is 0 Å². The van der Waals surface area contributed by atoms with E-state index in [4.69, 9.17) is 16.3 Å². The first-order valence-electron chi connectivity index (χ1n) is 10.6. The quantitative estimate of drug-likeness (QED) is 0.464. The highest BCUT2D eigenvalue weighted by Gasteiger charge is 2.32. The highest BCUT2D eigenvalue weighted by atomic mass is 35.5. The second kappa shape index (κ2) is 10.9. The number of benzene rings is 2. The van der Waals surface area contributed by atoms with Gasteiger partial charge in [-0.15, -0.1) is 18.3 Å². The third-order valence-corrected chi connectivity index (χ3v) is 7.00. The van der Waals surface area contributed by atoms with E-state index in [2.05, 4.69) is 25.0 Å². The number of nitrogens with zero attached hydrogens (tertiary/aromatic N) is 4. The van der Waals surface area contributed by atoms with E-state index >= 15 is 0 Å². The molecule has 2 aromatic carbocycles. The molecule has 1 aromatic heterocycles. The van der Waals surface area contributed by atoms with Gasteiger partial charge in [-0.2, -0.15) is 0 Å². The normalized spacial score (nSPS) is 15.9. The summed E-state index contributed by atoms with van der Waals surface area (Å²) >= 11 is 4.64. The van der Waals surface area contributed by atoms with Gasteiger partial charge in [0.05, 0.1) is 10.5 Å². The largest absolute Gasteiger partial charge is 0.611 e. The Morgan fingerprint density at radius 1 is 1.17 bits per heavy atom. The van der Waals surface area contributed by atoms with Crippen molar-refractivity contribution in [1.29, 1.82) is 0 Å². The maximum Gasteiger partial charge on any atom is 0.573 e. The van der Waals surface area contributed by atoms with E-state index in [0.29, 0.717) is 54.5 Å². The van der Waals surface area contributed by atoms with E-state index in [9.17, 15) is 22.5 Å². The third kappa shape index (κ3) is 6.90. The zero-order valence-electron chi connectivity index (χ0n) is 18.3. The predicted octanol–water partition coefficient (Wildman–Crippen LogP) is 3.57. The van der Waals surface area contributed by atoms with Crippen molar-refractivity contribution in [2.45, 2.75) is 17.9 Å². The Labute approximate surface area is 206 Å². The van der Waals surface area contributed by atoms with Crippen LogP contribution < -0.4 is 4.74 Å². The number of H-pyrrole nitrogens is 1. The summed E-state index contributed by atoms with van der Waals surface area (Å²) in [4.78, 5) is 16.7. The number of amides is 1. The molecule has 0 radical (unpaired) electrons. The van der Waals surface area contributed by atoms with Crippen molar-refractivity contribution in [1.82, 2.24) is 25.2 Å². The first-order valence-corrected chi connectivity index (χ1v) is 12.2. The fraction of sp³-hybridized carbons (Fsp3) is 0.381. The fourth-order valence-electron chi connectivity index (χ4n) is 3.53. The third-order valence-electron chi connectivity index (χ3n) is 5.37. The zero-order chi connectivity index (χ0) is 25.0. The Balaban J connectivity index is 1.19. The maximum absolute atomic E-state index is 12.6. The van der Waals surface area contributed by atoms with Crippen molar-refractivity contribution in [3.63, 3.8) is 0 Å². The fourth-order valence-corrected chi connectivity index (χ4v) is 4.90. The van der Waals surface area contributed by atoms with Gasteiger partial charge >= 0.3 is 12.5 Å². The highest BCUT2D eigenvalue weighted by molar-refractivity contribution is 7.91. The first kappa shape index (κ1) is 25.4. The van der Waals surface area contributed by atoms with Gasteiger partial charge in [0.25, 0.3) is 0 Å². The maximum atomic E-state index is 12.6. The molecule has 0 saturated carbocycles. The second-order valence-corrected chi connectivity index (χ2v) is 9.71. The van der Waals surface area contributed by atoms with E-state index in [1.165, 1.54) is 12.1 Å². The van der Waals surface area contributed by atoms with Crippen molar-refractivity contribution >= 4 is 39.9 Å². The summed E-state index contributed by atoms with van der Waals surface area (Å²) in [5, 5.41) is 10.2. The summed E-state index contributed by atoms with van der Waals surface area (Å²) in [5.41, 5.74) is 1.88. The average molecular weight is 532 g/mol. The van der Waals surface area contributed by atoms with Gasteiger partial charge in [-0.05, 0) is 41.0 Å². The summed E-state index contributed by atoms with van der Waals surface area (Å²) in [5.74, 6) is -0.0723. The summed E-state index contributed by atoms with van der Waals surface area (Å²) in [6, 6.07) is 9.01. The number of rotatable bonds is 7. The molecule has 1 atom stereocenters. The Morgan fingerprint density at radius 2 is 1.94 bits per heavy atom. The van der Waals surface area contributed by atoms with Gasteiger partial charge in [0.15, 0.2) is 4.90 Å². The number of alkyl halides is 3. The Hall–Kier alpha value is -2.74. The van der Waals surface area contributed by atoms with Crippen LogP contribution in [0.2, 0.25) is 5.02 Å². The van der Waals surface area contributed by atoms with Crippen molar-refractivity contribution in [3.8, 4) is 5.75 Å². The summed E-state index contributed by atoms with van der Waals surface area (Å²) in [6.07, 6.45) is -5.37. The lowest BCUT2D eigenvalue weighted by Gasteiger charge is -2.33. The molecule has 0 aliphatic carbocycles. The van der Waals surface area contributed by atoms with Gasteiger partial charge in [-0.1, -0.05) is 22.9 Å². The number of carbonyl (C=O) groups is 1. The van der Waals surface area contributed by atoms with Crippen LogP contribution in [0.4, 0.5) is 18.0 Å². The molecular weight excluding hydrogens is 511 g/mol. The van der Waals surface area contributed by atoms with Gasteiger partial charge in [-0.3, -0.25) is 10.00 Å². The highest BCUT2D eigenvalue weighted by Crippen LogP contribution is 2.31. The minimum absolute atomic E-state index is 0.139. The lowest BCUT2D eigenvalue weighted by atomic mass is 10.2. The van der Waals surface area contributed by atoms with E-state index in [-0.39, 0.29) is 11.6 Å². The van der Waals surface area contributed by atoms with Crippen LogP contribution in [0.3, 0.4) is 0 Å². The monoisotopic (exact) mass is 531 g/mol. The number of fused-ring (bicyclic) bond motifs is 1. The lowest BCUT2D eigenvalue weighted by molar-refractivity contribution is -0.274. The van der Waals surface area contributed by atoms with Crippen molar-refractivity contribution in [2.75, 3.05) is 38.5 Å². The molecule has 1 aliphatic heterocycles. The predicted molar refractivity (Wildman–Crippen MR) is 121 cm³/mol. The smallest absolute Gasteiger partial charge is 0.573 e. The first-order chi connectivity index (χ1) is 16.7. The number of ether oxygens (including phenoxy) is 2. The topological polar surface area (TPSA) is 107 Å². The molecule has 1 fully saturated rings. The lowest BCUT2D eigenvalue weighted by Crippen LogP contribution is -2.49. The molecule has 4 rings (SSSR count). The summed E-state index contributed by atoms with van der Waals surface area (Å²) in [7, 11) is 0. The molecule has 0 bridgehead atoms. The minimum atomic E-state index is -4.85. The van der Waals surface area contributed by atoms with Gasteiger partial charge in [0.2, 0.25) is 0 Å². The Morgan fingerprint density at radius 3 is 2.66 bits per heavy atom. The average Bonchev–Trinajstić information content (AvgIpc) is 3.30. The number of halogens is 4. The van der Waals surface area contributed by atoms with Crippen LogP contribution in [0, 0.1) is 0 Å². The van der Waals surface area contributed by atoms with Gasteiger partial charge in [0.1, 0.15) is 23.6 Å². The van der Waals surface area contributed by atoms with Crippen LogP contribution in [0.1, 0.15) is 5.56 Å². The second-order valence-electron chi connectivity index (χ2n) is 7.74. The molecule has 9 nitrogen and oxygen atoms in total. The Bertz CT molecular complexity index is 1170. The summed E-state index contributed by atoms with van der Waals surface area (Å²) < 4.78 is 58.7. The molecule has 2 heterocycles. The number of aromatic nitrogens is 3. The number of aromatic amines is 1. The van der Waals surface area contributed by atoms with Gasteiger partial charge in [-0.25, -0.2) is 4.79 Å². The minimum Gasteiger partial charge on any atom is -0.611 e. The van der Waals surface area contributed by atoms with Crippen LogP contribution >= 0.6 is 11.6 Å². The van der Waals surface area contributed by atoms with Crippen LogP contribution in [-0.4, -0.2) is 80.7 Å². The standard InChI is InChI=1S/C21H21ClF3N5O4S/c22-16-11-14(1-4-19(16)34-21(23,24)25)13-33-20(31)30-7-5-29(6-8-30)9-10-35(32)15-2-3-17-18(12-15)27-28-26-17/h1-4,11-12H,5-10,13H2,(H,26,27,28)/t35-/m1/s1. The molecule has 1 saturated heterocycles. The molecule has 1 N–H and O–H groups in total. The Kier molecular flexibility index (Phi) is 7.89. The van der Waals surface area contributed by atoms with E-state index in [1.54, 1.807) is 23.1 Å². The van der Waals surface area contributed by atoms with Crippen LogP contribution in [0.15, 0.2) is 41.3 Å². The number of nitrogens with one attached hydrogen (secondary N) is 1. The van der Waals surface area contributed by atoms with Crippen LogP contribution in [-0.2, 0) is 22.5 Å². The van der Waals surface area contributed by atoms with Gasteiger partial charge in [0, 0.05) is 38.8 Å². The molecular formula is C21H21ClF3N5O4S. The van der Waals surface area contributed by atoms with Crippen molar-refractivity contribution < 1.29 is 32.0 Å². The molecule has 14 heteroatoms. The number of hydrogen-bond donors (Lipinski definition) is 1. The number of piperazine rings is 1. The molecule has 35 heavy (non-hydrogen) atoms. The van der Waals surface area contributed by atoms with Crippen LogP contribution in [0.25, 0.3) is 11.0 Å². The molecule has 0 unspecified atom stereocenters. The van der Waals surface area contributed by atoms with E-state index in [0.717, 1.165) is 11.6 Å². The van der Waals surface area contributed by atoms with Crippen molar-refractivity contribution in [3.05, 3.63) is 47.0 Å². The molecule has 1 amide bonds. The van der Waals surface area contributed by atoms with Gasteiger partial charge < -0.3 is 18.9 Å². The van der Waals surface area contributed by atoms with E-state index < -0.39 is 29.4 Å². The zero-order valence-corrected chi connectivity index (χ0v) is 19.8. The number of carbonyl (C=O) groups excluding carboxylic acids is 1. The molecule has 188 valence electrons. The van der Waals surface area contributed by atoms with Crippen molar-refractivity contribution in [2.24, 2.45) is 0 Å². The van der Waals surface area contributed by atoms with Crippen LogP contribution in [0.5, 0.6) is 5.75 Å². The SMILES string of the molecule is O=C(OCc1ccc(OC(F)(F)F)c(Cl)c1)N1CCN(CC[S@@+]([O-])c2ccc3nn[nH]c3c2)CC1. The molecule has 3 aromatic rings. The number of hydrogen-bond acceptors (Lipinski definition) is 7. The molecule has 0 spiro atoms.